The first kappa shape index (κ1) is 21.5. The fourth-order valence-corrected chi connectivity index (χ4v) is 3.03. The standard InChI is InChI=1S/C23H25FN2O4/c1-5-29-19-12-16(27)8-9-17(19)14-6-7-15(18(24)10-14)11-22(28)25-21-13-20(30-26-21)23(2,3)4/h6-7,9-10,12-13H,5,8,11H2,1-4H3,(H,25,26,28). The fraction of sp³-hybridized carbons (Fsp3) is 0.348. The number of nitrogens with zero attached hydrogens (tertiary/aromatic N) is 1. The molecule has 0 spiro atoms. The second-order valence-electron chi connectivity index (χ2n) is 8.09. The van der Waals surface area contributed by atoms with Gasteiger partial charge in [0, 0.05) is 29.6 Å². The predicted octanol–water partition coefficient (Wildman–Crippen LogP) is 4.57. The number of nitrogens with one attached hydrogen (secondary N) is 1. The van der Waals surface area contributed by atoms with Crippen molar-refractivity contribution in [3.63, 3.8) is 0 Å². The van der Waals surface area contributed by atoms with Gasteiger partial charge in [-0.3, -0.25) is 9.59 Å². The summed E-state index contributed by atoms with van der Waals surface area (Å²) in [7, 11) is 0. The molecule has 1 aromatic heterocycles. The first-order valence-electron chi connectivity index (χ1n) is 9.81. The molecule has 0 fully saturated rings. The minimum absolute atomic E-state index is 0.0570. The summed E-state index contributed by atoms with van der Waals surface area (Å²) in [6, 6.07) is 6.29. The average molecular weight is 412 g/mol. The molecule has 0 saturated carbocycles. The zero-order chi connectivity index (χ0) is 21.9. The van der Waals surface area contributed by atoms with Crippen LogP contribution in [0.2, 0.25) is 0 Å². The third-order valence-corrected chi connectivity index (χ3v) is 4.60. The number of ether oxygens (including phenoxy) is 1. The quantitative estimate of drug-likeness (QED) is 0.752. The summed E-state index contributed by atoms with van der Waals surface area (Å²) in [6.45, 7) is 8.13. The van der Waals surface area contributed by atoms with Gasteiger partial charge in [0.15, 0.2) is 11.6 Å². The Morgan fingerprint density at radius 2 is 2.07 bits per heavy atom. The van der Waals surface area contributed by atoms with E-state index >= 15 is 0 Å². The molecule has 1 aliphatic rings. The molecule has 0 bridgehead atoms. The molecule has 1 aromatic carbocycles. The maximum atomic E-state index is 14.7. The monoisotopic (exact) mass is 412 g/mol. The van der Waals surface area contributed by atoms with E-state index in [1.807, 2.05) is 27.7 Å². The van der Waals surface area contributed by atoms with Gasteiger partial charge < -0.3 is 14.6 Å². The Morgan fingerprint density at radius 3 is 2.70 bits per heavy atom. The predicted molar refractivity (Wildman–Crippen MR) is 111 cm³/mol. The summed E-state index contributed by atoms with van der Waals surface area (Å²) in [5.74, 6) is 0.411. The minimum Gasteiger partial charge on any atom is -0.493 e. The van der Waals surface area contributed by atoms with Crippen LogP contribution in [0.5, 0.6) is 0 Å². The van der Waals surface area contributed by atoms with Crippen molar-refractivity contribution in [2.75, 3.05) is 11.9 Å². The summed E-state index contributed by atoms with van der Waals surface area (Å²) in [5, 5.41) is 6.47. The molecule has 0 radical (unpaired) electrons. The summed E-state index contributed by atoms with van der Waals surface area (Å²) in [6.07, 6.45) is 3.26. The number of amides is 1. The van der Waals surface area contributed by atoms with E-state index in [9.17, 15) is 14.0 Å². The van der Waals surface area contributed by atoms with Crippen LogP contribution in [0.3, 0.4) is 0 Å². The summed E-state index contributed by atoms with van der Waals surface area (Å²) >= 11 is 0. The van der Waals surface area contributed by atoms with Crippen molar-refractivity contribution in [1.82, 2.24) is 5.16 Å². The highest BCUT2D eigenvalue weighted by molar-refractivity contribution is 5.99. The third kappa shape index (κ3) is 5.03. The Hall–Kier alpha value is -3.22. The van der Waals surface area contributed by atoms with Gasteiger partial charge in [0.1, 0.15) is 17.3 Å². The molecule has 2 aromatic rings. The van der Waals surface area contributed by atoms with Gasteiger partial charge in [-0.05, 0) is 24.1 Å². The minimum atomic E-state index is -0.508. The first-order chi connectivity index (χ1) is 14.2. The second kappa shape index (κ2) is 8.65. The number of carbonyl (C=O) groups excluding carboxylic acids is 2. The molecule has 0 aliphatic heterocycles. The van der Waals surface area contributed by atoms with E-state index in [0.717, 1.165) is 0 Å². The van der Waals surface area contributed by atoms with Crippen molar-refractivity contribution in [1.29, 1.82) is 0 Å². The Kier molecular flexibility index (Phi) is 6.20. The molecule has 7 heteroatoms. The smallest absolute Gasteiger partial charge is 0.230 e. The van der Waals surface area contributed by atoms with Crippen LogP contribution in [-0.4, -0.2) is 23.5 Å². The molecular weight excluding hydrogens is 387 g/mol. The zero-order valence-electron chi connectivity index (χ0n) is 17.5. The molecule has 158 valence electrons. The Balaban J connectivity index is 1.71. The number of hydrogen-bond donors (Lipinski definition) is 1. The van der Waals surface area contributed by atoms with E-state index in [0.29, 0.717) is 35.1 Å². The Labute approximate surface area is 174 Å². The van der Waals surface area contributed by atoms with E-state index in [-0.39, 0.29) is 29.6 Å². The molecule has 30 heavy (non-hydrogen) atoms. The van der Waals surface area contributed by atoms with E-state index in [4.69, 9.17) is 9.26 Å². The molecule has 6 nitrogen and oxygen atoms in total. The SMILES string of the molecule is CCOC1=CC(=O)CC=C1c1ccc(CC(=O)Nc2cc(C(C)(C)C)on2)c(F)c1. The lowest BCUT2D eigenvalue weighted by Gasteiger charge is -2.17. The molecular formula is C23H25FN2O4. The number of rotatable bonds is 6. The maximum Gasteiger partial charge on any atom is 0.230 e. The van der Waals surface area contributed by atoms with Crippen molar-refractivity contribution in [3.8, 4) is 0 Å². The molecule has 0 saturated heterocycles. The molecule has 1 aliphatic carbocycles. The van der Waals surface area contributed by atoms with Gasteiger partial charge in [-0.25, -0.2) is 4.39 Å². The van der Waals surface area contributed by atoms with Gasteiger partial charge in [0.25, 0.3) is 0 Å². The van der Waals surface area contributed by atoms with Gasteiger partial charge in [-0.2, -0.15) is 0 Å². The van der Waals surface area contributed by atoms with Gasteiger partial charge >= 0.3 is 0 Å². The molecule has 0 atom stereocenters. The van der Waals surface area contributed by atoms with Crippen LogP contribution in [-0.2, 0) is 26.2 Å². The highest BCUT2D eigenvalue weighted by Crippen LogP contribution is 2.29. The average Bonchev–Trinajstić information content (AvgIpc) is 3.13. The van der Waals surface area contributed by atoms with Crippen molar-refractivity contribution in [2.24, 2.45) is 0 Å². The van der Waals surface area contributed by atoms with Crippen LogP contribution in [0.15, 0.2) is 46.7 Å². The van der Waals surface area contributed by atoms with Crippen molar-refractivity contribution in [3.05, 3.63) is 64.9 Å². The zero-order valence-corrected chi connectivity index (χ0v) is 17.5. The fourth-order valence-electron chi connectivity index (χ4n) is 3.03. The number of ketones is 1. The van der Waals surface area contributed by atoms with Crippen LogP contribution in [0.25, 0.3) is 5.57 Å². The topological polar surface area (TPSA) is 81.4 Å². The van der Waals surface area contributed by atoms with E-state index in [1.54, 1.807) is 24.3 Å². The number of carbonyl (C=O) groups is 2. The van der Waals surface area contributed by atoms with Crippen molar-refractivity contribution in [2.45, 2.75) is 46.0 Å². The van der Waals surface area contributed by atoms with E-state index < -0.39 is 11.7 Å². The van der Waals surface area contributed by atoms with Crippen LogP contribution < -0.4 is 5.32 Å². The normalized spacial score (nSPS) is 14.2. The maximum absolute atomic E-state index is 14.7. The lowest BCUT2D eigenvalue weighted by atomic mass is 9.93. The third-order valence-electron chi connectivity index (χ3n) is 4.60. The summed E-state index contributed by atoms with van der Waals surface area (Å²) in [5.41, 5.74) is 1.29. The van der Waals surface area contributed by atoms with Crippen LogP contribution >= 0.6 is 0 Å². The van der Waals surface area contributed by atoms with Crippen LogP contribution in [0, 0.1) is 5.82 Å². The van der Waals surface area contributed by atoms with Crippen molar-refractivity contribution < 1.29 is 23.2 Å². The Morgan fingerprint density at radius 1 is 1.30 bits per heavy atom. The lowest BCUT2D eigenvalue weighted by Crippen LogP contribution is -2.16. The van der Waals surface area contributed by atoms with Crippen LogP contribution in [0.1, 0.15) is 51.0 Å². The molecule has 0 unspecified atom stereocenters. The number of benzene rings is 1. The number of halogens is 1. The lowest BCUT2D eigenvalue weighted by molar-refractivity contribution is -0.116. The highest BCUT2D eigenvalue weighted by Gasteiger charge is 2.21. The molecule has 1 amide bonds. The number of aromatic nitrogens is 1. The number of hydrogen-bond acceptors (Lipinski definition) is 5. The van der Waals surface area contributed by atoms with Gasteiger partial charge in [-0.1, -0.05) is 44.1 Å². The summed E-state index contributed by atoms with van der Waals surface area (Å²) < 4.78 is 25.4. The van der Waals surface area contributed by atoms with E-state index in [1.165, 1.54) is 12.1 Å². The van der Waals surface area contributed by atoms with E-state index in [2.05, 4.69) is 10.5 Å². The molecule has 1 N–H and O–H groups in total. The summed E-state index contributed by atoms with van der Waals surface area (Å²) in [4.78, 5) is 24.0. The van der Waals surface area contributed by atoms with Gasteiger partial charge in [0.2, 0.25) is 5.91 Å². The first-order valence-corrected chi connectivity index (χ1v) is 9.81. The van der Waals surface area contributed by atoms with Gasteiger partial charge in [0.05, 0.1) is 13.0 Å². The van der Waals surface area contributed by atoms with Crippen molar-refractivity contribution >= 4 is 23.1 Å². The molecule has 1 heterocycles. The second-order valence-corrected chi connectivity index (χ2v) is 8.09. The van der Waals surface area contributed by atoms with Crippen LogP contribution in [0.4, 0.5) is 10.2 Å². The number of allylic oxidation sites excluding steroid dienone is 3. The molecule has 3 rings (SSSR count). The highest BCUT2D eigenvalue weighted by atomic mass is 19.1. The Bertz CT molecular complexity index is 1030. The number of anilines is 1. The largest absolute Gasteiger partial charge is 0.493 e. The van der Waals surface area contributed by atoms with Gasteiger partial charge in [-0.15, -0.1) is 0 Å².